The Hall–Kier alpha value is -6.45. The van der Waals surface area contributed by atoms with Crippen molar-refractivity contribution in [2.24, 2.45) is 0 Å². The fourth-order valence-corrected chi connectivity index (χ4v) is 6.87. The molecule has 0 saturated carbocycles. The van der Waals surface area contributed by atoms with Gasteiger partial charge in [0.15, 0.2) is 0 Å². The lowest BCUT2D eigenvalue weighted by Crippen LogP contribution is -2.32. The van der Waals surface area contributed by atoms with Crippen LogP contribution in [-0.4, -0.2) is 57.4 Å². The maximum Gasteiger partial charge on any atom is 0.342 e. The summed E-state index contributed by atoms with van der Waals surface area (Å²) in [7, 11) is 4.67. The lowest BCUT2D eigenvalue weighted by molar-refractivity contribution is -0.140. The molecule has 274 valence electrons. The number of fused-ring (bicyclic) bond motifs is 2. The molecule has 5 aromatic rings. The molecule has 7 rings (SSSR count). The number of ketones is 1. The second-order valence-corrected chi connectivity index (χ2v) is 12.3. The van der Waals surface area contributed by atoms with Gasteiger partial charge in [-0.2, -0.15) is 0 Å². The zero-order chi connectivity index (χ0) is 38.4. The summed E-state index contributed by atoms with van der Waals surface area (Å²) < 4.78 is 26.5. The van der Waals surface area contributed by atoms with Gasteiger partial charge in [0.25, 0.3) is 0 Å². The van der Waals surface area contributed by atoms with E-state index in [9.17, 15) is 19.5 Å². The minimum absolute atomic E-state index is 0.0845. The Kier molecular flexibility index (Phi) is 11.1. The summed E-state index contributed by atoms with van der Waals surface area (Å²) in [5.74, 6) is 0.253. The molecule has 9 nitrogen and oxygen atoms in total. The molecule has 1 atom stereocenters. The number of carbonyl (C=O) groups is 3. The van der Waals surface area contributed by atoms with Crippen molar-refractivity contribution in [3.8, 4) is 17.2 Å². The number of hydrogen-bond donors (Lipinski definition) is 1. The molecule has 5 aromatic carbocycles. The number of carbonyl (C=O) groups excluding carboxylic acids is 3. The number of esters is 2. The van der Waals surface area contributed by atoms with Crippen molar-refractivity contribution in [2.45, 2.75) is 19.4 Å². The molecule has 1 unspecified atom stereocenters. The summed E-state index contributed by atoms with van der Waals surface area (Å²) in [6.45, 7) is 3.88. The number of Topliss-reactive ketones (excluding diaryl/α,β-unsaturated/α-hetero) is 1. The molecule has 2 aliphatic rings. The Labute approximate surface area is 314 Å². The molecule has 1 N–H and O–H groups in total. The van der Waals surface area contributed by atoms with E-state index in [4.69, 9.17) is 23.7 Å². The van der Waals surface area contributed by atoms with E-state index < -0.39 is 17.5 Å². The van der Waals surface area contributed by atoms with Gasteiger partial charge in [-0.05, 0) is 84.1 Å². The number of benzene rings is 5. The number of rotatable bonds is 10. The summed E-state index contributed by atoms with van der Waals surface area (Å²) in [6, 6.07) is 36.7. The molecule has 0 aliphatic heterocycles. The molecule has 9 heteroatoms. The van der Waals surface area contributed by atoms with Gasteiger partial charge in [0, 0.05) is 22.3 Å². The normalized spacial score (nSPS) is 15.5. The summed E-state index contributed by atoms with van der Waals surface area (Å²) in [5.41, 5.74) is 4.42. The number of methoxy groups -OCH3 is 3. The Morgan fingerprint density at radius 3 is 1.70 bits per heavy atom. The highest BCUT2D eigenvalue weighted by molar-refractivity contribution is 6.35. The maximum atomic E-state index is 13.3. The van der Waals surface area contributed by atoms with Crippen molar-refractivity contribution in [3.05, 3.63) is 171 Å². The molecule has 0 spiro atoms. The first-order valence-corrected chi connectivity index (χ1v) is 17.4. The highest BCUT2D eigenvalue weighted by atomic mass is 16.5. The molecule has 0 radical (unpaired) electrons. The van der Waals surface area contributed by atoms with Crippen molar-refractivity contribution >= 4 is 28.9 Å². The zero-order valence-corrected chi connectivity index (χ0v) is 30.7. The molecule has 0 fully saturated rings. The van der Waals surface area contributed by atoms with E-state index in [-0.39, 0.29) is 30.1 Å². The van der Waals surface area contributed by atoms with Crippen LogP contribution in [0.4, 0.5) is 0 Å². The third-order valence-electron chi connectivity index (χ3n) is 9.29. The van der Waals surface area contributed by atoms with Crippen LogP contribution in [0.1, 0.15) is 57.6 Å². The summed E-state index contributed by atoms with van der Waals surface area (Å²) in [5, 5.41) is 12.3. The predicted molar refractivity (Wildman–Crippen MR) is 205 cm³/mol. The van der Waals surface area contributed by atoms with Crippen molar-refractivity contribution in [1.82, 2.24) is 0 Å². The molecule has 0 saturated heterocycles. The van der Waals surface area contributed by atoms with Crippen LogP contribution in [0.3, 0.4) is 0 Å². The predicted octanol–water partition coefficient (Wildman–Crippen LogP) is 7.57. The van der Waals surface area contributed by atoms with E-state index in [0.29, 0.717) is 45.1 Å². The molecule has 2 aliphatic carbocycles. The highest BCUT2D eigenvalue weighted by Crippen LogP contribution is 2.52. The van der Waals surface area contributed by atoms with Crippen molar-refractivity contribution in [1.29, 1.82) is 0 Å². The topological polar surface area (TPSA) is 118 Å². The highest BCUT2D eigenvalue weighted by Gasteiger charge is 2.50. The molecular formula is C45H40O9. The minimum atomic E-state index is -1.74. The minimum Gasteiger partial charge on any atom is -0.497 e. The van der Waals surface area contributed by atoms with Gasteiger partial charge < -0.3 is 28.8 Å². The van der Waals surface area contributed by atoms with Gasteiger partial charge in [0.05, 0.1) is 40.1 Å². The van der Waals surface area contributed by atoms with Crippen LogP contribution < -0.4 is 14.2 Å². The monoisotopic (exact) mass is 724 g/mol. The largest absolute Gasteiger partial charge is 0.497 e. The lowest BCUT2D eigenvalue weighted by Gasteiger charge is -2.28. The lowest BCUT2D eigenvalue weighted by atomic mass is 9.82. The first-order chi connectivity index (χ1) is 26.2. The van der Waals surface area contributed by atoms with E-state index in [0.717, 1.165) is 22.3 Å². The summed E-state index contributed by atoms with van der Waals surface area (Å²) >= 11 is 0. The van der Waals surface area contributed by atoms with Gasteiger partial charge >= 0.3 is 11.9 Å². The van der Waals surface area contributed by atoms with Crippen molar-refractivity contribution in [2.75, 3.05) is 34.5 Å². The standard InChI is InChI=1S/C26H24O5.C19H16O4/c1-4-31-25(27)24-23(17-9-6-5-7-10-17)21-14-13-20(30-3)16-22(21)26(24,28)18-11-8-12-19(15-18)29-2;1-3-23-19(21)17-16(12-7-5-4-6-8-12)14-10-9-13(22-2)11-15(14)18(17)20/h5-16,28H,4H2,1-3H3;4-11H,3H2,1-2H3. The average Bonchev–Trinajstić information content (AvgIpc) is 3.66. The Morgan fingerprint density at radius 2 is 1.11 bits per heavy atom. The maximum absolute atomic E-state index is 13.3. The van der Waals surface area contributed by atoms with Crippen LogP contribution in [0.25, 0.3) is 11.1 Å². The first kappa shape index (κ1) is 37.3. The SMILES string of the molecule is CCOC(=O)C1=C(c2ccccc2)c2ccc(OC)cc2C1(O)c1cccc(OC)c1.CCOC(=O)C1=C(c2ccccc2)c2ccc(OC)cc2C1=O. The summed E-state index contributed by atoms with van der Waals surface area (Å²) in [6.07, 6.45) is 0. The zero-order valence-electron chi connectivity index (χ0n) is 30.7. The van der Waals surface area contributed by atoms with Gasteiger partial charge in [-0.15, -0.1) is 0 Å². The van der Waals surface area contributed by atoms with Gasteiger partial charge in [-0.1, -0.05) is 78.9 Å². The van der Waals surface area contributed by atoms with Gasteiger partial charge in [0.1, 0.15) is 28.4 Å². The van der Waals surface area contributed by atoms with Gasteiger partial charge in [-0.25, -0.2) is 9.59 Å². The second-order valence-electron chi connectivity index (χ2n) is 12.3. The van der Waals surface area contributed by atoms with Crippen LogP contribution in [0, 0.1) is 0 Å². The van der Waals surface area contributed by atoms with Crippen LogP contribution >= 0.6 is 0 Å². The molecule has 0 amide bonds. The van der Waals surface area contributed by atoms with Gasteiger partial charge in [0.2, 0.25) is 5.78 Å². The smallest absolute Gasteiger partial charge is 0.342 e. The Morgan fingerprint density at radius 1 is 0.574 bits per heavy atom. The number of aliphatic hydroxyl groups is 1. The third-order valence-corrected chi connectivity index (χ3v) is 9.29. The van der Waals surface area contributed by atoms with Crippen molar-refractivity contribution in [3.63, 3.8) is 0 Å². The fourth-order valence-electron chi connectivity index (χ4n) is 6.87. The van der Waals surface area contributed by atoms with E-state index in [1.807, 2.05) is 72.8 Å². The van der Waals surface area contributed by atoms with Crippen molar-refractivity contribution < 1.29 is 43.2 Å². The molecule has 0 bridgehead atoms. The van der Waals surface area contributed by atoms with Crippen LogP contribution in [0.5, 0.6) is 17.2 Å². The quantitative estimate of drug-likeness (QED) is 0.115. The fraction of sp³-hybridized carbons (Fsp3) is 0.178. The summed E-state index contributed by atoms with van der Waals surface area (Å²) in [4.78, 5) is 38.4. The van der Waals surface area contributed by atoms with Crippen LogP contribution in [0.15, 0.2) is 132 Å². The average molecular weight is 725 g/mol. The van der Waals surface area contributed by atoms with E-state index in [2.05, 4.69) is 0 Å². The van der Waals surface area contributed by atoms with Crippen LogP contribution in [-0.2, 0) is 24.7 Å². The molecular weight excluding hydrogens is 684 g/mol. The molecule has 0 heterocycles. The number of hydrogen-bond acceptors (Lipinski definition) is 9. The van der Waals surface area contributed by atoms with E-state index in [1.165, 1.54) is 0 Å². The Bertz CT molecular complexity index is 2270. The van der Waals surface area contributed by atoms with E-state index >= 15 is 0 Å². The first-order valence-electron chi connectivity index (χ1n) is 17.4. The Balaban J connectivity index is 0.000000193. The van der Waals surface area contributed by atoms with Gasteiger partial charge in [-0.3, -0.25) is 4.79 Å². The van der Waals surface area contributed by atoms with E-state index in [1.54, 1.807) is 83.7 Å². The molecule has 0 aromatic heterocycles. The van der Waals surface area contributed by atoms with Crippen LogP contribution in [0.2, 0.25) is 0 Å². The second kappa shape index (κ2) is 16.1. The third kappa shape index (κ3) is 6.77. The number of ether oxygens (including phenoxy) is 5. The molecule has 54 heavy (non-hydrogen) atoms.